The third-order valence-corrected chi connectivity index (χ3v) is 9.85. The van der Waals surface area contributed by atoms with Crippen LogP contribution in [0.4, 0.5) is 4.79 Å². The summed E-state index contributed by atoms with van der Waals surface area (Å²) in [7, 11) is 0. The van der Waals surface area contributed by atoms with E-state index in [2.05, 4.69) is 0 Å². The molecule has 0 aromatic rings. The van der Waals surface area contributed by atoms with E-state index in [1.165, 1.54) is 20.8 Å². The van der Waals surface area contributed by atoms with Gasteiger partial charge < -0.3 is 62.6 Å². The van der Waals surface area contributed by atoms with Gasteiger partial charge in [0.15, 0.2) is 36.6 Å². The molecule has 0 aliphatic carbocycles. The first-order valence-electron chi connectivity index (χ1n) is 20.1. The van der Waals surface area contributed by atoms with E-state index in [0.29, 0.717) is 0 Å². The Bertz CT molecular complexity index is 1590. The summed E-state index contributed by atoms with van der Waals surface area (Å²) in [6.45, 7) is 14.9. The van der Waals surface area contributed by atoms with Gasteiger partial charge in [-0.3, -0.25) is 38.4 Å². The Labute approximate surface area is 360 Å². The molecule has 0 aromatic heterocycles. The van der Waals surface area contributed by atoms with Crippen molar-refractivity contribution < 1.29 is 100 Å². The van der Waals surface area contributed by atoms with Crippen molar-refractivity contribution in [1.82, 2.24) is 0 Å². The molecule has 2 saturated heterocycles. The van der Waals surface area contributed by atoms with E-state index in [9.17, 15) is 38.4 Å². The van der Waals surface area contributed by atoms with Crippen LogP contribution in [0.2, 0.25) is 6.32 Å². The highest BCUT2D eigenvalue weighted by Gasteiger charge is 2.58. The molecule has 0 saturated carbocycles. The zero-order chi connectivity index (χ0) is 47.3. The summed E-state index contributed by atoms with van der Waals surface area (Å²) in [5.74, 6) is -6.35. The van der Waals surface area contributed by atoms with Crippen LogP contribution in [0.5, 0.6) is 0 Å². The van der Waals surface area contributed by atoms with Gasteiger partial charge in [0.25, 0.3) is 0 Å². The number of hydrogen-bond acceptors (Lipinski definition) is 22. The van der Waals surface area contributed by atoms with Gasteiger partial charge in [0.1, 0.15) is 37.1 Å². The summed E-state index contributed by atoms with van der Waals surface area (Å²) >= 11 is 0. The van der Waals surface area contributed by atoms with E-state index >= 15 is 0 Å². The Morgan fingerprint density at radius 1 is 0.645 bits per heavy atom. The van der Waals surface area contributed by atoms with Gasteiger partial charge in [0.2, 0.25) is 0 Å². The van der Waals surface area contributed by atoms with Crippen molar-refractivity contribution in [3.63, 3.8) is 0 Å². The molecular weight excluding hydrogens is 829 g/mol. The molecule has 12 atom stereocenters. The molecule has 2 rings (SSSR count). The van der Waals surface area contributed by atoms with Gasteiger partial charge in [0, 0.05) is 48.5 Å². The predicted molar refractivity (Wildman–Crippen MR) is 209 cm³/mol. The van der Waals surface area contributed by atoms with Crippen LogP contribution in [0, 0.1) is 0 Å². The van der Waals surface area contributed by atoms with E-state index in [1.54, 1.807) is 20.8 Å². The largest absolute Gasteiger partial charge is 0.459 e. The molecule has 22 nitrogen and oxygen atoms in total. The number of hydrogen-bond donors (Lipinski definition) is 1. The van der Waals surface area contributed by atoms with E-state index in [-0.39, 0.29) is 26.0 Å². The molecule has 2 aliphatic heterocycles. The van der Waals surface area contributed by atoms with Crippen LogP contribution < -0.4 is 5.64 Å². The minimum absolute atomic E-state index is 0.119. The first kappa shape index (κ1) is 53.7. The van der Waals surface area contributed by atoms with Crippen LogP contribution in [0.1, 0.15) is 96.4 Å². The van der Waals surface area contributed by atoms with Gasteiger partial charge in [0.05, 0.1) is 24.4 Å². The fraction of sp³-hybridized carbons (Fsp3) is 0.795. The van der Waals surface area contributed by atoms with Crippen LogP contribution in [-0.4, -0.2) is 153 Å². The number of rotatable bonds is 21. The summed E-state index contributed by atoms with van der Waals surface area (Å²) in [6.07, 6.45) is -14.2. The van der Waals surface area contributed by atoms with Gasteiger partial charge >= 0.3 is 54.5 Å². The normalized spacial score (nSPS) is 26.2. The van der Waals surface area contributed by atoms with E-state index in [1.807, 2.05) is 0 Å². The fourth-order valence-corrected chi connectivity index (χ4v) is 7.12. The van der Waals surface area contributed by atoms with E-state index < -0.39 is 139 Å². The molecule has 2 fully saturated rings. The molecule has 23 heteroatoms. The molecule has 0 spiro atoms. The molecule has 352 valence electrons. The van der Waals surface area contributed by atoms with Gasteiger partial charge in [-0.05, 0) is 34.1 Å². The van der Waals surface area contributed by atoms with Crippen LogP contribution >= 0.6 is 0 Å². The third-order valence-electron chi connectivity index (χ3n) is 9.85. The van der Waals surface area contributed by atoms with Crippen LogP contribution in [-0.2, 0) is 95.4 Å². The lowest BCUT2D eigenvalue weighted by Gasteiger charge is -2.51. The molecule has 2 heterocycles. The van der Waals surface area contributed by atoms with Crippen molar-refractivity contribution >= 4 is 54.5 Å². The van der Waals surface area contributed by atoms with Gasteiger partial charge in [-0.2, -0.15) is 4.89 Å². The molecule has 2 aliphatic rings. The third kappa shape index (κ3) is 15.7. The maximum atomic E-state index is 12.8. The maximum Gasteiger partial charge on any atom is 0.357 e. The summed E-state index contributed by atoms with van der Waals surface area (Å²) in [5.41, 5.74) is 2.64. The van der Waals surface area contributed by atoms with E-state index in [0.717, 1.165) is 48.5 Å². The topological polar surface area (TPSA) is 283 Å². The Morgan fingerprint density at radius 2 is 1.10 bits per heavy atom. The smallest absolute Gasteiger partial charge is 0.357 e. The Balaban J connectivity index is 2.65. The highest BCUT2D eigenvalue weighted by molar-refractivity contribution is 6.86. The highest BCUT2D eigenvalue weighted by atomic mass is 17.2. The number of esters is 7. The maximum absolute atomic E-state index is 12.8. The second kappa shape index (κ2) is 23.9. The van der Waals surface area contributed by atoms with Gasteiger partial charge in [-0.15, -0.1) is 0 Å². The number of carbonyl (C=O) groups is 8. The van der Waals surface area contributed by atoms with Crippen molar-refractivity contribution in [1.29, 1.82) is 0 Å². The Kier molecular flexibility index (Phi) is 20.7. The van der Waals surface area contributed by atoms with Crippen molar-refractivity contribution in [2.75, 3.05) is 19.8 Å². The lowest BCUT2D eigenvalue weighted by molar-refractivity contribution is -0.312. The first-order valence-corrected chi connectivity index (χ1v) is 20.1. The minimum atomic E-state index is -1.63. The van der Waals surface area contributed by atoms with Crippen molar-refractivity contribution in [2.24, 2.45) is 5.64 Å². The molecule has 2 N–H and O–H groups in total. The van der Waals surface area contributed by atoms with Crippen LogP contribution in [0.15, 0.2) is 0 Å². The van der Waals surface area contributed by atoms with Crippen molar-refractivity contribution in [2.45, 2.75) is 181 Å². The number of carbonyl (C=O) groups excluding carboxylic acids is 8. The predicted octanol–water partition coefficient (Wildman–Crippen LogP) is 1.66. The molecule has 0 aromatic carbocycles. The fourth-order valence-electron chi connectivity index (χ4n) is 7.12. The summed E-state index contributed by atoms with van der Waals surface area (Å²) in [5, 5.41) is 0. The van der Waals surface area contributed by atoms with Crippen LogP contribution in [0.3, 0.4) is 0 Å². The quantitative estimate of drug-likeness (QED) is 0.0564. The molecule has 0 amide bonds. The summed E-state index contributed by atoms with van der Waals surface area (Å²) < 4.78 is 64.7. The lowest BCUT2D eigenvalue weighted by atomic mass is 9.62. The van der Waals surface area contributed by atoms with Crippen molar-refractivity contribution in [3.05, 3.63) is 0 Å². The average Bonchev–Trinajstić information content (AvgIpc) is 3.14. The van der Waals surface area contributed by atoms with Gasteiger partial charge in [-0.1, -0.05) is 20.2 Å². The molecule has 62 heavy (non-hydrogen) atoms. The zero-order valence-corrected chi connectivity index (χ0v) is 37.6. The van der Waals surface area contributed by atoms with E-state index in [4.69, 9.17) is 67.5 Å². The minimum Gasteiger partial charge on any atom is -0.459 e. The molecular formula is C39H62BNO21. The van der Waals surface area contributed by atoms with Crippen molar-refractivity contribution in [3.8, 4) is 0 Å². The Morgan fingerprint density at radius 3 is 1.56 bits per heavy atom. The molecule has 0 radical (unpaired) electrons. The van der Waals surface area contributed by atoms with Crippen LogP contribution in [0.25, 0.3) is 0 Å². The second-order valence-electron chi connectivity index (χ2n) is 15.6. The lowest BCUT2D eigenvalue weighted by Crippen LogP contribution is -2.68. The first-order chi connectivity index (χ1) is 28.8. The standard InChI is InChI=1S/C39H62BNO21/c1-14-39(13,36-34(59-26(10)48)31(56-23(7)45)27(16-51-36)54-21(5)43)61-28-17-50-35(33(58-25(9)47)32(28)57-24(8)46)38(11,12)60-29(18-52-62-37(49)40(41)15-2)30(55-22(6)44)19(3)53-20(4)42/h19,27-36H,14-18,41H2,1-13H3. The number of nitrogens with two attached hydrogens (primary N) is 1. The highest BCUT2D eigenvalue weighted by Crippen LogP contribution is 2.39. The monoisotopic (exact) mass is 891 g/mol. The number of ether oxygens (including phenoxy) is 11. The Hall–Kier alpha value is -4.42. The summed E-state index contributed by atoms with van der Waals surface area (Å²) in [6, 6.07) is 0. The van der Waals surface area contributed by atoms with Gasteiger partial charge in [-0.25, -0.2) is 0 Å². The SMILES string of the molecule is CCB(N)C(=O)OOCC(OC(C)(C)C1OCC(OC(C)(CC)C2OCC(OC(C)=O)C(OC(C)=O)C2OC(C)=O)C(OC(C)=O)C1OC(C)=O)C(OC(C)=O)C(C)OC(C)=O. The average molecular weight is 892 g/mol. The second-order valence-corrected chi connectivity index (χ2v) is 15.6. The summed E-state index contributed by atoms with van der Waals surface area (Å²) in [4.78, 5) is 109. The molecule has 0 bridgehead atoms. The zero-order valence-electron chi connectivity index (χ0n) is 37.6. The molecule has 12 unspecified atom stereocenters.